The molecular weight excluding hydrogens is 232 g/mol. The zero-order valence-corrected chi connectivity index (χ0v) is 12.4. The van der Waals surface area contributed by atoms with Crippen molar-refractivity contribution in [2.24, 2.45) is 5.41 Å². The molecule has 0 saturated carbocycles. The molecule has 0 unspecified atom stereocenters. The van der Waals surface area contributed by atoms with Gasteiger partial charge in [-0.1, -0.05) is 26.3 Å². The van der Waals surface area contributed by atoms with Crippen molar-refractivity contribution in [1.82, 2.24) is 4.90 Å². The van der Waals surface area contributed by atoms with E-state index in [0.717, 1.165) is 12.1 Å². The van der Waals surface area contributed by atoms with Gasteiger partial charge < -0.3 is 0 Å². The Morgan fingerprint density at radius 2 is 2.00 bits per heavy atom. The quantitative estimate of drug-likeness (QED) is 0.820. The second-order valence-corrected chi connectivity index (χ2v) is 6.19. The Balaban J connectivity index is 1.98. The lowest BCUT2D eigenvalue weighted by atomic mass is 9.78. The van der Waals surface area contributed by atoms with Gasteiger partial charge in [-0.05, 0) is 61.5 Å². The number of nitriles is 1. The summed E-state index contributed by atoms with van der Waals surface area (Å²) in [5.41, 5.74) is 3.91. The van der Waals surface area contributed by atoms with Crippen LogP contribution in [-0.4, -0.2) is 18.0 Å². The van der Waals surface area contributed by atoms with Crippen molar-refractivity contribution in [3.8, 4) is 6.07 Å². The summed E-state index contributed by atoms with van der Waals surface area (Å²) >= 11 is 0. The fourth-order valence-electron chi connectivity index (χ4n) is 2.79. The van der Waals surface area contributed by atoms with Crippen molar-refractivity contribution in [1.29, 1.82) is 5.26 Å². The summed E-state index contributed by atoms with van der Waals surface area (Å²) in [6.07, 6.45) is 3.90. The first-order valence-corrected chi connectivity index (χ1v) is 7.28. The van der Waals surface area contributed by atoms with Crippen molar-refractivity contribution >= 4 is 0 Å². The molecular formula is C17H24N2. The largest absolute Gasteiger partial charge is 0.299 e. The van der Waals surface area contributed by atoms with Crippen LogP contribution in [0.3, 0.4) is 0 Å². The highest BCUT2D eigenvalue weighted by molar-refractivity contribution is 5.37. The van der Waals surface area contributed by atoms with Gasteiger partial charge >= 0.3 is 0 Å². The Morgan fingerprint density at radius 3 is 2.53 bits per heavy atom. The summed E-state index contributed by atoms with van der Waals surface area (Å²) < 4.78 is 0. The van der Waals surface area contributed by atoms with E-state index in [4.69, 9.17) is 5.26 Å². The molecule has 1 aromatic rings. The second kappa shape index (κ2) is 5.75. The smallest absolute Gasteiger partial charge is 0.0991 e. The Morgan fingerprint density at radius 1 is 1.32 bits per heavy atom. The molecule has 0 aromatic heterocycles. The molecule has 2 heteroatoms. The Hall–Kier alpha value is -1.33. The van der Waals surface area contributed by atoms with E-state index in [1.807, 2.05) is 12.1 Å². The molecule has 0 spiro atoms. The standard InChI is InChI=1S/C17H24N2/c1-4-17(3)7-9-19(10-8-17)13-16-6-5-15(12-18)11-14(16)2/h5-6,11H,4,7-10,13H2,1-3H3. The molecule has 19 heavy (non-hydrogen) atoms. The second-order valence-electron chi connectivity index (χ2n) is 6.19. The normalized spacial score (nSPS) is 19.1. The Kier molecular flexibility index (Phi) is 4.27. The van der Waals surface area contributed by atoms with Crippen LogP contribution in [-0.2, 0) is 6.54 Å². The van der Waals surface area contributed by atoms with Gasteiger partial charge in [0.25, 0.3) is 0 Å². The van der Waals surface area contributed by atoms with E-state index in [1.54, 1.807) is 0 Å². The number of benzene rings is 1. The summed E-state index contributed by atoms with van der Waals surface area (Å²) in [5.74, 6) is 0. The molecule has 102 valence electrons. The molecule has 0 aliphatic carbocycles. The van der Waals surface area contributed by atoms with Gasteiger partial charge in [-0.15, -0.1) is 0 Å². The first-order valence-electron chi connectivity index (χ1n) is 7.28. The third kappa shape index (κ3) is 3.36. The first-order chi connectivity index (χ1) is 9.06. The van der Waals surface area contributed by atoms with Crippen LogP contribution < -0.4 is 0 Å². The predicted molar refractivity (Wildman–Crippen MR) is 78.8 cm³/mol. The molecule has 2 nitrogen and oxygen atoms in total. The van der Waals surface area contributed by atoms with Crippen LogP contribution in [0.4, 0.5) is 0 Å². The van der Waals surface area contributed by atoms with Crippen LogP contribution in [0.2, 0.25) is 0 Å². The molecule has 0 radical (unpaired) electrons. The summed E-state index contributed by atoms with van der Waals surface area (Å²) in [6, 6.07) is 8.24. The SMILES string of the molecule is CCC1(C)CCN(Cc2ccc(C#N)cc2C)CC1. The third-order valence-electron chi connectivity index (χ3n) is 4.78. The number of rotatable bonds is 3. The van der Waals surface area contributed by atoms with Crippen LogP contribution in [0.15, 0.2) is 18.2 Å². The van der Waals surface area contributed by atoms with Gasteiger partial charge in [-0.25, -0.2) is 0 Å². The minimum atomic E-state index is 0.552. The van der Waals surface area contributed by atoms with E-state index in [2.05, 4.69) is 37.8 Å². The van der Waals surface area contributed by atoms with E-state index in [-0.39, 0.29) is 0 Å². The van der Waals surface area contributed by atoms with Crippen molar-refractivity contribution in [3.63, 3.8) is 0 Å². The van der Waals surface area contributed by atoms with Crippen LogP contribution in [0.25, 0.3) is 0 Å². The van der Waals surface area contributed by atoms with E-state index < -0.39 is 0 Å². The average Bonchev–Trinajstić information content (AvgIpc) is 2.43. The molecule has 0 atom stereocenters. The lowest BCUT2D eigenvalue weighted by molar-refractivity contribution is 0.109. The predicted octanol–water partition coefficient (Wildman–Crippen LogP) is 3.88. The van der Waals surface area contributed by atoms with E-state index in [1.165, 1.54) is 43.5 Å². The molecule has 1 heterocycles. The van der Waals surface area contributed by atoms with Crippen molar-refractivity contribution < 1.29 is 0 Å². The number of likely N-dealkylation sites (tertiary alicyclic amines) is 1. The third-order valence-corrected chi connectivity index (χ3v) is 4.78. The highest BCUT2D eigenvalue weighted by Gasteiger charge is 2.28. The number of hydrogen-bond donors (Lipinski definition) is 0. The highest BCUT2D eigenvalue weighted by atomic mass is 15.1. The number of nitrogens with zero attached hydrogens (tertiary/aromatic N) is 2. The maximum absolute atomic E-state index is 8.90. The monoisotopic (exact) mass is 256 g/mol. The summed E-state index contributed by atoms with van der Waals surface area (Å²) in [7, 11) is 0. The number of aryl methyl sites for hydroxylation is 1. The maximum atomic E-state index is 8.90. The van der Waals surface area contributed by atoms with Crippen LogP contribution in [0.1, 0.15) is 49.8 Å². The van der Waals surface area contributed by atoms with Crippen molar-refractivity contribution in [2.45, 2.75) is 46.6 Å². The Bertz CT molecular complexity index is 477. The van der Waals surface area contributed by atoms with Crippen molar-refractivity contribution in [3.05, 3.63) is 34.9 Å². The van der Waals surface area contributed by atoms with Gasteiger partial charge in [0, 0.05) is 6.54 Å². The highest BCUT2D eigenvalue weighted by Crippen LogP contribution is 2.34. The molecule has 0 N–H and O–H groups in total. The molecule has 0 amide bonds. The van der Waals surface area contributed by atoms with E-state index in [0.29, 0.717) is 5.41 Å². The average molecular weight is 256 g/mol. The van der Waals surface area contributed by atoms with Crippen LogP contribution in [0, 0.1) is 23.7 Å². The molecule has 1 aromatic carbocycles. The van der Waals surface area contributed by atoms with Gasteiger partial charge in [0.1, 0.15) is 0 Å². The summed E-state index contributed by atoms with van der Waals surface area (Å²) in [4.78, 5) is 2.55. The van der Waals surface area contributed by atoms with Gasteiger partial charge in [0.15, 0.2) is 0 Å². The van der Waals surface area contributed by atoms with E-state index in [9.17, 15) is 0 Å². The first kappa shape index (κ1) is 14.1. The van der Waals surface area contributed by atoms with Crippen LogP contribution >= 0.6 is 0 Å². The number of hydrogen-bond acceptors (Lipinski definition) is 2. The van der Waals surface area contributed by atoms with Gasteiger partial charge in [-0.2, -0.15) is 5.26 Å². The number of piperidine rings is 1. The Labute approximate surface area is 117 Å². The minimum absolute atomic E-state index is 0.552. The molecule has 1 aliphatic heterocycles. The van der Waals surface area contributed by atoms with Gasteiger partial charge in [0.05, 0.1) is 11.6 Å². The lowest BCUT2D eigenvalue weighted by Gasteiger charge is -2.39. The van der Waals surface area contributed by atoms with Crippen LogP contribution in [0.5, 0.6) is 0 Å². The molecule has 0 bridgehead atoms. The molecule has 1 fully saturated rings. The topological polar surface area (TPSA) is 27.0 Å². The fourth-order valence-corrected chi connectivity index (χ4v) is 2.79. The van der Waals surface area contributed by atoms with E-state index >= 15 is 0 Å². The maximum Gasteiger partial charge on any atom is 0.0991 e. The molecule has 1 aliphatic rings. The fraction of sp³-hybridized carbons (Fsp3) is 0.588. The van der Waals surface area contributed by atoms with Gasteiger partial charge in [0.2, 0.25) is 0 Å². The molecule has 2 rings (SSSR count). The zero-order valence-electron chi connectivity index (χ0n) is 12.4. The summed E-state index contributed by atoms with van der Waals surface area (Å²) in [5, 5.41) is 8.90. The lowest BCUT2D eigenvalue weighted by Crippen LogP contribution is -2.38. The van der Waals surface area contributed by atoms with Crippen molar-refractivity contribution in [2.75, 3.05) is 13.1 Å². The molecule has 1 saturated heterocycles. The van der Waals surface area contributed by atoms with Gasteiger partial charge in [-0.3, -0.25) is 4.90 Å². The summed E-state index contributed by atoms with van der Waals surface area (Å²) in [6.45, 7) is 10.2. The zero-order chi connectivity index (χ0) is 13.9. The minimum Gasteiger partial charge on any atom is -0.299 e.